The van der Waals surface area contributed by atoms with E-state index >= 15 is 0 Å². The summed E-state index contributed by atoms with van der Waals surface area (Å²) in [6.45, 7) is 0. The van der Waals surface area contributed by atoms with Crippen LogP contribution in [0, 0.1) is 0 Å². The highest BCUT2D eigenvalue weighted by atomic mass is 32.1. The van der Waals surface area contributed by atoms with Gasteiger partial charge in [0.15, 0.2) is 5.11 Å². The van der Waals surface area contributed by atoms with Gasteiger partial charge in [-0.3, -0.25) is 0 Å². The Morgan fingerprint density at radius 2 is 1.94 bits per heavy atom. The lowest BCUT2D eigenvalue weighted by atomic mass is 10.1. The number of fused-ring (bicyclic) bond motifs is 1. The molecule has 0 heterocycles. The van der Waals surface area contributed by atoms with Gasteiger partial charge in [0.1, 0.15) is 0 Å². The van der Waals surface area contributed by atoms with E-state index in [9.17, 15) is 0 Å². The summed E-state index contributed by atoms with van der Waals surface area (Å²) in [5.41, 5.74) is 6.50. The van der Waals surface area contributed by atoms with Crippen molar-refractivity contribution in [3.05, 3.63) is 48.0 Å². The predicted molar refractivity (Wildman–Crippen MR) is 76.1 cm³/mol. The zero-order valence-electron chi connectivity index (χ0n) is 9.50. The third-order valence-corrected chi connectivity index (χ3v) is 2.78. The van der Waals surface area contributed by atoms with Crippen molar-refractivity contribution < 1.29 is 0 Å². The predicted octanol–water partition coefficient (Wildman–Crippen LogP) is 2.35. The molecule has 0 bridgehead atoms. The first kappa shape index (κ1) is 11.5. The quantitative estimate of drug-likeness (QED) is 0.500. The van der Waals surface area contributed by atoms with E-state index in [2.05, 4.69) is 23.3 Å². The number of thiocarbonyl (C=S) groups is 1. The number of nitrogens with zero attached hydrogens (tertiary/aromatic N) is 2. The zero-order chi connectivity index (χ0) is 12.3. The Labute approximate surface area is 106 Å². The molecule has 2 aromatic carbocycles. The van der Waals surface area contributed by atoms with Crippen molar-refractivity contribution in [2.75, 3.05) is 7.05 Å². The number of benzene rings is 2. The molecule has 17 heavy (non-hydrogen) atoms. The Morgan fingerprint density at radius 3 is 2.71 bits per heavy atom. The first-order chi connectivity index (χ1) is 8.18. The Balaban J connectivity index is 2.39. The van der Waals surface area contributed by atoms with Crippen LogP contribution in [0.2, 0.25) is 0 Å². The fourth-order valence-corrected chi connectivity index (χ4v) is 1.62. The maximum absolute atomic E-state index is 5.46. The summed E-state index contributed by atoms with van der Waals surface area (Å²) in [5, 5.41) is 8.26. The first-order valence-corrected chi connectivity index (χ1v) is 5.64. The zero-order valence-corrected chi connectivity index (χ0v) is 10.3. The summed E-state index contributed by atoms with van der Waals surface area (Å²) < 4.78 is 0. The molecule has 2 N–H and O–H groups in total. The Kier molecular flexibility index (Phi) is 3.35. The van der Waals surface area contributed by atoms with Crippen molar-refractivity contribution in [2.45, 2.75) is 0 Å². The number of hydrogen-bond donors (Lipinski definition) is 1. The molecule has 0 spiro atoms. The minimum Gasteiger partial charge on any atom is -0.375 e. The van der Waals surface area contributed by atoms with Gasteiger partial charge >= 0.3 is 0 Å². The highest BCUT2D eigenvalue weighted by Gasteiger charge is 1.98. The summed E-state index contributed by atoms with van der Waals surface area (Å²) in [5.74, 6) is 0. The van der Waals surface area contributed by atoms with Crippen LogP contribution in [0.15, 0.2) is 47.6 Å². The molecule has 2 aromatic rings. The SMILES string of the molecule is CN(/N=C\c1cccc2ccccc12)C(N)=S. The van der Waals surface area contributed by atoms with Crippen molar-refractivity contribution in [1.29, 1.82) is 0 Å². The first-order valence-electron chi connectivity index (χ1n) is 5.23. The smallest absolute Gasteiger partial charge is 0.186 e. The summed E-state index contributed by atoms with van der Waals surface area (Å²) >= 11 is 4.82. The minimum atomic E-state index is 0.251. The third-order valence-electron chi connectivity index (χ3n) is 2.51. The van der Waals surface area contributed by atoms with Crippen LogP contribution in [0.1, 0.15) is 5.56 Å². The van der Waals surface area contributed by atoms with Crippen LogP contribution in [0.3, 0.4) is 0 Å². The third kappa shape index (κ3) is 2.60. The van der Waals surface area contributed by atoms with Gasteiger partial charge in [0.05, 0.1) is 6.21 Å². The Morgan fingerprint density at radius 1 is 1.24 bits per heavy atom. The summed E-state index contributed by atoms with van der Waals surface area (Å²) in [4.78, 5) is 0. The van der Waals surface area contributed by atoms with Crippen molar-refractivity contribution in [1.82, 2.24) is 5.01 Å². The van der Waals surface area contributed by atoms with Gasteiger partial charge in [-0.1, -0.05) is 42.5 Å². The average molecular weight is 243 g/mol. The second-order valence-electron chi connectivity index (χ2n) is 3.67. The monoisotopic (exact) mass is 243 g/mol. The van der Waals surface area contributed by atoms with Crippen LogP contribution < -0.4 is 5.73 Å². The highest BCUT2D eigenvalue weighted by Crippen LogP contribution is 2.16. The van der Waals surface area contributed by atoms with Crippen molar-refractivity contribution >= 4 is 34.3 Å². The maximum atomic E-state index is 5.46. The summed E-state index contributed by atoms with van der Waals surface area (Å²) in [6.07, 6.45) is 1.77. The molecule has 0 radical (unpaired) electrons. The van der Waals surface area contributed by atoms with Crippen LogP contribution >= 0.6 is 12.2 Å². The Hall–Kier alpha value is -1.94. The highest BCUT2D eigenvalue weighted by molar-refractivity contribution is 7.80. The largest absolute Gasteiger partial charge is 0.375 e. The normalized spacial score (nSPS) is 10.9. The number of rotatable bonds is 2. The van der Waals surface area contributed by atoms with Gasteiger partial charge in [-0.05, 0) is 23.0 Å². The van der Waals surface area contributed by atoms with Gasteiger partial charge in [0, 0.05) is 12.6 Å². The second-order valence-corrected chi connectivity index (χ2v) is 4.09. The van der Waals surface area contributed by atoms with E-state index in [0.29, 0.717) is 0 Å². The van der Waals surface area contributed by atoms with E-state index < -0.39 is 0 Å². The molecule has 3 nitrogen and oxygen atoms in total. The molecule has 2 rings (SSSR count). The lowest BCUT2D eigenvalue weighted by Gasteiger charge is -2.09. The van der Waals surface area contributed by atoms with Crippen LogP contribution in [-0.2, 0) is 0 Å². The van der Waals surface area contributed by atoms with E-state index in [4.69, 9.17) is 18.0 Å². The lowest BCUT2D eigenvalue weighted by molar-refractivity contribution is 0.552. The molecule has 0 saturated carbocycles. The molecule has 0 unspecified atom stereocenters. The van der Waals surface area contributed by atoms with Crippen molar-refractivity contribution in [2.24, 2.45) is 10.8 Å². The molecule has 0 atom stereocenters. The maximum Gasteiger partial charge on any atom is 0.186 e. The van der Waals surface area contributed by atoms with E-state index in [0.717, 1.165) is 10.9 Å². The summed E-state index contributed by atoms with van der Waals surface area (Å²) in [7, 11) is 1.73. The topological polar surface area (TPSA) is 41.6 Å². The van der Waals surface area contributed by atoms with Crippen LogP contribution in [0.25, 0.3) is 10.8 Å². The minimum absolute atomic E-state index is 0.251. The Bertz CT molecular complexity index is 572. The summed E-state index contributed by atoms with van der Waals surface area (Å²) in [6, 6.07) is 14.3. The fourth-order valence-electron chi connectivity index (χ4n) is 1.57. The van der Waals surface area contributed by atoms with Gasteiger partial charge in [-0.25, -0.2) is 5.01 Å². The molecule has 0 aromatic heterocycles. The molecule has 0 fully saturated rings. The molecule has 86 valence electrons. The number of hydrazone groups is 1. The molecule has 0 aliphatic rings. The lowest BCUT2D eigenvalue weighted by Crippen LogP contribution is -2.27. The average Bonchev–Trinajstić information content (AvgIpc) is 2.35. The van der Waals surface area contributed by atoms with Gasteiger partial charge in [-0.2, -0.15) is 5.10 Å². The molecular formula is C13H13N3S. The van der Waals surface area contributed by atoms with E-state index in [1.54, 1.807) is 13.3 Å². The molecule has 4 heteroatoms. The van der Waals surface area contributed by atoms with Crippen LogP contribution in [0.5, 0.6) is 0 Å². The van der Waals surface area contributed by atoms with Gasteiger partial charge < -0.3 is 5.73 Å². The van der Waals surface area contributed by atoms with Crippen LogP contribution in [-0.4, -0.2) is 23.4 Å². The fraction of sp³-hybridized carbons (Fsp3) is 0.0769. The number of hydrogen-bond acceptors (Lipinski definition) is 2. The van der Waals surface area contributed by atoms with Gasteiger partial charge in [-0.15, -0.1) is 0 Å². The molecular weight excluding hydrogens is 230 g/mol. The standard InChI is InChI=1S/C13H13N3S/c1-16(13(14)17)15-9-11-7-4-6-10-5-2-3-8-12(10)11/h2-9H,1H3,(H2,14,17)/b15-9-. The number of nitrogens with two attached hydrogens (primary N) is 1. The van der Waals surface area contributed by atoms with Gasteiger partial charge in [0.2, 0.25) is 0 Å². The van der Waals surface area contributed by atoms with Crippen LogP contribution in [0.4, 0.5) is 0 Å². The van der Waals surface area contributed by atoms with Gasteiger partial charge in [0.25, 0.3) is 0 Å². The van der Waals surface area contributed by atoms with E-state index in [1.165, 1.54) is 10.4 Å². The molecule has 0 aliphatic heterocycles. The van der Waals surface area contributed by atoms with E-state index in [1.807, 2.05) is 24.3 Å². The van der Waals surface area contributed by atoms with Crippen molar-refractivity contribution in [3.8, 4) is 0 Å². The van der Waals surface area contributed by atoms with E-state index in [-0.39, 0.29) is 5.11 Å². The molecule has 0 aliphatic carbocycles. The second kappa shape index (κ2) is 4.93. The molecule has 0 saturated heterocycles. The molecule has 0 amide bonds. The van der Waals surface area contributed by atoms with Crippen molar-refractivity contribution in [3.63, 3.8) is 0 Å².